The normalized spacial score (nSPS) is 12.6. The third-order valence-corrected chi connectivity index (χ3v) is 3.02. The van der Waals surface area contributed by atoms with E-state index in [2.05, 4.69) is 5.32 Å². The summed E-state index contributed by atoms with van der Waals surface area (Å²) in [6.45, 7) is 0. The Bertz CT molecular complexity index is 484. The van der Waals surface area contributed by atoms with Crippen molar-refractivity contribution in [2.24, 2.45) is 0 Å². The van der Waals surface area contributed by atoms with Crippen molar-refractivity contribution in [1.82, 2.24) is 5.32 Å². The van der Waals surface area contributed by atoms with Crippen LogP contribution in [0.1, 0.15) is 17.2 Å². The maximum atomic E-state index is 13.4. The van der Waals surface area contributed by atoms with Gasteiger partial charge in [0, 0.05) is 6.04 Å². The van der Waals surface area contributed by atoms with E-state index in [-0.39, 0.29) is 11.1 Å². The highest BCUT2D eigenvalue weighted by molar-refractivity contribution is 6.30. The van der Waals surface area contributed by atoms with Gasteiger partial charge < -0.3 is 9.73 Å². The van der Waals surface area contributed by atoms with Crippen LogP contribution >= 0.6 is 11.6 Å². The van der Waals surface area contributed by atoms with Gasteiger partial charge in [0.1, 0.15) is 5.82 Å². The van der Waals surface area contributed by atoms with Gasteiger partial charge in [0.2, 0.25) is 0 Å². The van der Waals surface area contributed by atoms with Crippen LogP contribution in [0.3, 0.4) is 0 Å². The Kier molecular flexibility index (Phi) is 3.82. The van der Waals surface area contributed by atoms with Crippen LogP contribution in [0.15, 0.2) is 41.2 Å². The Morgan fingerprint density at radius 1 is 1.41 bits per heavy atom. The second kappa shape index (κ2) is 5.34. The molecule has 4 heteroatoms. The molecule has 0 radical (unpaired) electrons. The quantitative estimate of drug-likeness (QED) is 0.901. The lowest BCUT2D eigenvalue weighted by atomic mass is 10.0. The average molecular weight is 254 g/mol. The summed E-state index contributed by atoms with van der Waals surface area (Å²) in [7, 11) is 1.84. The van der Waals surface area contributed by atoms with E-state index in [0.29, 0.717) is 0 Å². The van der Waals surface area contributed by atoms with Crippen molar-refractivity contribution < 1.29 is 8.81 Å². The first-order valence-corrected chi connectivity index (χ1v) is 5.72. The minimum absolute atomic E-state index is 0.0411. The van der Waals surface area contributed by atoms with Crippen LogP contribution in [-0.4, -0.2) is 7.05 Å². The maximum absolute atomic E-state index is 13.4. The topological polar surface area (TPSA) is 25.2 Å². The first-order valence-electron chi connectivity index (χ1n) is 5.34. The van der Waals surface area contributed by atoms with E-state index in [0.717, 1.165) is 17.5 Å². The highest BCUT2D eigenvalue weighted by Gasteiger charge is 2.12. The Balaban J connectivity index is 2.20. The van der Waals surface area contributed by atoms with Crippen molar-refractivity contribution in [3.8, 4) is 0 Å². The van der Waals surface area contributed by atoms with Gasteiger partial charge in [-0.3, -0.25) is 0 Å². The number of benzene rings is 1. The average Bonchev–Trinajstić information content (AvgIpc) is 2.82. The highest BCUT2D eigenvalue weighted by atomic mass is 35.5. The highest BCUT2D eigenvalue weighted by Crippen LogP contribution is 2.22. The van der Waals surface area contributed by atoms with Crippen LogP contribution in [0.5, 0.6) is 0 Å². The molecule has 2 rings (SSSR count). The number of rotatable bonds is 4. The molecule has 1 N–H and O–H groups in total. The third kappa shape index (κ3) is 2.87. The van der Waals surface area contributed by atoms with Crippen molar-refractivity contribution in [1.29, 1.82) is 0 Å². The molecule has 90 valence electrons. The smallest absolute Gasteiger partial charge is 0.142 e. The molecule has 0 spiro atoms. The summed E-state index contributed by atoms with van der Waals surface area (Å²) in [4.78, 5) is 0. The molecule has 0 amide bonds. The van der Waals surface area contributed by atoms with Gasteiger partial charge in [0.15, 0.2) is 0 Å². The number of likely N-dealkylation sites (N-methyl/N-ethyl adjacent to an activating group) is 1. The molecule has 1 heterocycles. The molecule has 0 saturated carbocycles. The van der Waals surface area contributed by atoms with Gasteiger partial charge in [-0.1, -0.05) is 17.7 Å². The van der Waals surface area contributed by atoms with Gasteiger partial charge >= 0.3 is 0 Å². The standard InChI is InChI=1S/C13H13ClFNO/c1-16-13(6-9-4-5-17-8-9)10-2-3-11(14)12(15)7-10/h2-5,7-8,13,16H,6H2,1H3. The van der Waals surface area contributed by atoms with E-state index in [1.54, 1.807) is 18.6 Å². The van der Waals surface area contributed by atoms with Crippen molar-refractivity contribution in [3.05, 3.63) is 58.8 Å². The maximum Gasteiger partial charge on any atom is 0.142 e. The first-order chi connectivity index (χ1) is 8.20. The fourth-order valence-electron chi connectivity index (χ4n) is 1.76. The lowest BCUT2D eigenvalue weighted by Crippen LogP contribution is -2.18. The fourth-order valence-corrected chi connectivity index (χ4v) is 1.88. The van der Waals surface area contributed by atoms with Gasteiger partial charge in [0.05, 0.1) is 17.5 Å². The van der Waals surface area contributed by atoms with Gasteiger partial charge in [-0.2, -0.15) is 0 Å². The second-order valence-corrected chi connectivity index (χ2v) is 4.26. The molecule has 1 aromatic carbocycles. The Morgan fingerprint density at radius 3 is 2.82 bits per heavy atom. The van der Waals surface area contributed by atoms with Crippen LogP contribution < -0.4 is 5.32 Å². The summed E-state index contributed by atoms with van der Waals surface area (Å²) < 4.78 is 18.4. The van der Waals surface area contributed by atoms with Crippen molar-refractivity contribution in [2.45, 2.75) is 12.5 Å². The van der Waals surface area contributed by atoms with Gasteiger partial charge in [0.25, 0.3) is 0 Å². The molecule has 1 unspecified atom stereocenters. The van der Waals surface area contributed by atoms with Gasteiger partial charge in [-0.15, -0.1) is 0 Å². The van der Waals surface area contributed by atoms with Crippen LogP contribution in [0.25, 0.3) is 0 Å². The summed E-state index contributed by atoms with van der Waals surface area (Å²) in [5.74, 6) is -0.392. The summed E-state index contributed by atoms with van der Waals surface area (Å²) in [5.41, 5.74) is 1.94. The monoisotopic (exact) mass is 253 g/mol. The molecule has 1 atom stereocenters. The lowest BCUT2D eigenvalue weighted by Gasteiger charge is -2.16. The number of hydrogen-bond acceptors (Lipinski definition) is 2. The third-order valence-electron chi connectivity index (χ3n) is 2.71. The predicted molar refractivity (Wildman–Crippen MR) is 65.6 cm³/mol. The molecular formula is C13H13ClFNO. The number of nitrogens with one attached hydrogen (secondary N) is 1. The van der Waals surface area contributed by atoms with Crippen molar-refractivity contribution >= 4 is 11.6 Å². The molecule has 1 aromatic heterocycles. The molecule has 0 saturated heterocycles. The number of furan rings is 1. The van der Waals surface area contributed by atoms with Gasteiger partial charge in [-0.25, -0.2) is 4.39 Å². The summed E-state index contributed by atoms with van der Waals surface area (Å²) in [5, 5.41) is 3.30. The molecule has 0 aliphatic carbocycles. The van der Waals surface area contributed by atoms with Crippen LogP contribution in [-0.2, 0) is 6.42 Å². The van der Waals surface area contributed by atoms with Crippen LogP contribution in [0.2, 0.25) is 5.02 Å². The fraction of sp³-hybridized carbons (Fsp3) is 0.231. The largest absolute Gasteiger partial charge is 0.472 e. The minimum atomic E-state index is -0.392. The van der Waals surface area contributed by atoms with E-state index < -0.39 is 5.82 Å². The molecule has 2 nitrogen and oxygen atoms in total. The number of halogens is 2. The Morgan fingerprint density at radius 2 is 2.24 bits per heavy atom. The zero-order valence-electron chi connectivity index (χ0n) is 9.41. The van der Waals surface area contributed by atoms with E-state index >= 15 is 0 Å². The zero-order valence-corrected chi connectivity index (χ0v) is 10.2. The SMILES string of the molecule is CNC(Cc1ccoc1)c1ccc(Cl)c(F)c1. The molecular weight excluding hydrogens is 241 g/mol. The van der Waals surface area contributed by atoms with Crippen LogP contribution in [0, 0.1) is 5.82 Å². The van der Waals surface area contributed by atoms with E-state index in [1.165, 1.54) is 6.07 Å². The zero-order chi connectivity index (χ0) is 12.3. The molecule has 2 aromatic rings. The van der Waals surface area contributed by atoms with Crippen molar-refractivity contribution in [2.75, 3.05) is 7.05 Å². The van der Waals surface area contributed by atoms with E-state index in [4.69, 9.17) is 16.0 Å². The number of hydrogen-bond donors (Lipinski definition) is 1. The molecule has 0 bridgehead atoms. The molecule has 0 aliphatic rings. The molecule has 17 heavy (non-hydrogen) atoms. The van der Waals surface area contributed by atoms with Gasteiger partial charge in [-0.05, 0) is 42.8 Å². The summed E-state index contributed by atoms with van der Waals surface area (Å²) in [6, 6.07) is 6.80. The summed E-state index contributed by atoms with van der Waals surface area (Å²) in [6.07, 6.45) is 4.06. The Hall–Kier alpha value is -1.32. The summed E-state index contributed by atoms with van der Waals surface area (Å²) >= 11 is 5.66. The minimum Gasteiger partial charge on any atom is -0.472 e. The molecule has 0 fully saturated rings. The van der Waals surface area contributed by atoms with Crippen molar-refractivity contribution in [3.63, 3.8) is 0 Å². The van der Waals surface area contributed by atoms with Crippen LogP contribution in [0.4, 0.5) is 4.39 Å². The molecule has 0 aliphatic heterocycles. The van der Waals surface area contributed by atoms with E-state index in [9.17, 15) is 4.39 Å². The lowest BCUT2D eigenvalue weighted by molar-refractivity contribution is 0.549. The predicted octanol–water partition coefficient (Wildman–Crippen LogP) is 3.58. The van der Waals surface area contributed by atoms with E-state index in [1.807, 2.05) is 19.2 Å². The Labute approximate surface area is 104 Å². The first kappa shape index (κ1) is 12.1. The second-order valence-electron chi connectivity index (χ2n) is 3.85.